The molecule has 1 aliphatic heterocycles. The number of hydrogen-bond donors (Lipinski definition) is 0. The Morgan fingerprint density at radius 2 is 1.90 bits per heavy atom. The smallest absolute Gasteiger partial charge is 0.125 e. The fourth-order valence-electron chi connectivity index (χ4n) is 0.880. The third-order valence-electron chi connectivity index (χ3n) is 1.46. The van der Waals surface area contributed by atoms with Gasteiger partial charge < -0.3 is 0 Å². The van der Waals surface area contributed by atoms with Crippen molar-refractivity contribution in [1.82, 2.24) is 0 Å². The molecule has 1 radical (unpaired) electrons. The lowest BCUT2D eigenvalue weighted by Crippen LogP contribution is -1.99. The maximum Gasteiger partial charge on any atom is 0.125 e. The molecule has 0 unspecified atom stereocenters. The van der Waals surface area contributed by atoms with Crippen LogP contribution in [0.4, 0.5) is 0 Å². The van der Waals surface area contributed by atoms with Crippen molar-refractivity contribution in [1.29, 1.82) is 0 Å². The van der Waals surface area contributed by atoms with Crippen LogP contribution in [-0.2, 0) is 14.8 Å². The van der Waals surface area contributed by atoms with E-state index in [0.717, 1.165) is 12.8 Å². The molecular formula is C7H13O3. The summed E-state index contributed by atoms with van der Waals surface area (Å²) in [6.45, 7) is 2.26. The molecule has 0 aliphatic carbocycles. The van der Waals surface area contributed by atoms with Crippen LogP contribution >= 0.6 is 0 Å². The SMILES string of the molecule is [CH]1CCCCCCOOO1. The molecule has 0 bridgehead atoms. The van der Waals surface area contributed by atoms with Crippen molar-refractivity contribution in [2.75, 3.05) is 6.61 Å². The highest BCUT2D eigenvalue weighted by molar-refractivity contribution is 4.50. The van der Waals surface area contributed by atoms with E-state index in [0.29, 0.717) is 6.61 Å². The molecule has 0 spiro atoms. The maximum atomic E-state index is 4.66. The van der Waals surface area contributed by atoms with Gasteiger partial charge in [0, 0.05) is 0 Å². The number of hydrogen-bond acceptors (Lipinski definition) is 3. The zero-order valence-corrected chi connectivity index (χ0v) is 6.04. The normalized spacial score (nSPS) is 24.0. The van der Waals surface area contributed by atoms with Crippen molar-refractivity contribution in [3.63, 3.8) is 0 Å². The Hall–Kier alpha value is -0.120. The van der Waals surface area contributed by atoms with Crippen LogP contribution in [0.5, 0.6) is 0 Å². The molecular weight excluding hydrogens is 132 g/mol. The first-order valence-corrected chi connectivity index (χ1v) is 3.77. The molecule has 0 atom stereocenters. The fourth-order valence-corrected chi connectivity index (χ4v) is 0.880. The van der Waals surface area contributed by atoms with Gasteiger partial charge in [-0.05, 0) is 12.8 Å². The van der Waals surface area contributed by atoms with Gasteiger partial charge in [0.05, 0.1) is 6.61 Å². The second kappa shape index (κ2) is 5.65. The topological polar surface area (TPSA) is 27.7 Å². The second-order valence-electron chi connectivity index (χ2n) is 2.36. The average molecular weight is 145 g/mol. The Kier molecular flexibility index (Phi) is 4.51. The van der Waals surface area contributed by atoms with Gasteiger partial charge in [-0.2, -0.15) is 4.89 Å². The van der Waals surface area contributed by atoms with Gasteiger partial charge in [-0.25, -0.2) is 4.89 Å². The van der Waals surface area contributed by atoms with Crippen LogP contribution in [0, 0.1) is 6.61 Å². The van der Waals surface area contributed by atoms with Crippen LogP contribution in [0.25, 0.3) is 0 Å². The zero-order valence-electron chi connectivity index (χ0n) is 6.04. The summed E-state index contributed by atoms with van der Waals surface area (Å²) in [5.74, 6) is 0. The summed E-state index contributed by atoms with van der Waals surface area (Å²) >= 11 is 0. The standard InChI is InChI=1S/C7H13O3/c1-2-4-6-8-10-9-7-5-3-1/h6H,1-5,7H2. The lowest BCUT2D eigenvalue weighted by atomic mass is 10.1. The van der Waals surface area contributed by atoms with Crippen LogP contribution in [0.15, 0.2) is 0 Å². The van der Waals surface area contributed by atoms with Gasteiger partial charge >= 0.3 is 0 Å². The Morgan fingerprint density at radius 3 is 2.90 bits per heavy atom. The summed E-state index contributed by atoms with van der Waals surface area (Å²) in [5, 5.41) is 4.35. The molecule has 1 fully saturated rings. The molecule has 3 heteroatoms. The van der Waals surface area contributed by atoms with Crippen LogP contribution < -0.4 is 0 Å². The predicted octanol–water partition coefficient (Wildman–Crippen LogP) is 1.99. The van der Waals surface area contributed by atoms with Gasteiger partial charge in [0.2, 0.25) is 0 Å². The van der Waals surface area contributed by atoms with E-state index in [1.807, 2.05) is 0 Å². The molecule has 0 aromatic heterocycles. The fraction of sp³-hybridized carbons (Fsp3) is 0.857. The Morgan fingerprint density at radius 1 is 1.00 bits per heavy atom. The quantitative estimate of drug-likeness (QED) is 0.488. The van der Waals surface area contributed by atoms with Crippen LogP contribution in [-0.4, -0.2) is 6.61 Å². The highest BCUT2D eigenvalue weighted by Crippen LogP contribution is 2.07. The molecule has 0 amide bonds. The van der Waals surface area contributed by atoms with Crippen molar-refractivity contribution in [3.8, 4) is 0 Å². The van der Waals surface area contributed by atoms with Gasteiger partial charge in [-0.1, -0.05) is 24.3 Å². The van der Waals surface area contributed by atoms with Crippen LogP contribution in [0.1, 0.15) is 32.1 Å². The van der Waals surface area contributed by atoms with Gasteiger partial charge in [0.1, 0.15) is 6.61 Å². The highest BCUT2D eigenvalue weighted by atomic mass is 17.5. The third kappa shape index (κ3) is 3.82. The monoisotopic (exact) mass is 145 g/mol. The largest absolute Gasteiger partial charge is 0.206 e. The summed E-state index contributed by atoms with van der Waals surface area (Å²) in [4.78, 5) is 9.22. The number of rotatable bonds is 0. The molecule has 0 N–H and O–H groups in total. The summed E-state index contributed by atoms with van der Waals surface area (Å²) < 4.78 is 0. The summed E-state index contributed by atoms with van der Waals surface area (Å²) in [6.07, 6.45) is 5.66. The Bertz CT molecular complexity index is 42.0. The van der Waals surface area contributed by atoms with E-state index in [1.165, 1.54) is 19.3 Å². The molecule has 1 saturated heterocycles. The summed E-state index contributed by atoms with van der Waals surface area (Å²) in [5.41, 5.74) is 0. The maximum absolute atomic E-state index is 4.66. The average Bonchev–Trinajstić information content (AvgIpc) is 2.01. The summed E-state index contributed by atoms with van der Waals surface area (Å²) in [7, 11) is 0. The molecule has 0 saturated carbocycles. The van der Waals surface area contributed by atoms with Gasteiger partial charge in [0.15, 0.2) is 0 Å². The second-order valence-corrected chi connectivity index (χ2v) is 2.36. The van der Waals surface area contributed by atoms with E-state index in [4.69, 9.17) is 0 Å². The lowest BCUT2D eigenvalue weighted by Gasteiger charge is -2.05. The summed E-state index contributed by atoms with van der Waals surface area (Å²) in [6, 6.07) is 0. The molecule has 0 aromatic carbocycles. The Labute approximate surface area is 61.1 Å². The van der Waals surface area contributed by atoms with Gasteiger partial charge in [-0.3, -0.25) is 0 Å². The minimum atomic E-state index is 0.633. The van der Waals surface area contributed by atoms with Crippen LogP contribution in [0.2, 0.25) is 0 Å². The highest BCUT2D eigenvalue weighted by Gasteiger charge is 1.97. The first kappa shape index (κ1) is 7.98. The van der Waals surface area contributed by atoms with Gasteiger partial charge in [-0.15, -0.1) is 0 Å². The van der Waals surface area contributed by atoms with Gasteiger partial charge in [0.25, 0.3) is 0 Å². The lowest BCUT2D eigenvalue weighted by molar-refractivity contribution is -0.500. The molecule has 1 heterocycles. The van der Waals surface area contributed by atoms with E-state index < -0.39 is 0 Å². The van der Waals surface area contributed by atoms with Crippen molar-refractivity contribution < 1.29 is 14.8 Å². The molecule has 1 aliphatic rings. The minimum Gasteiger partial charge on any atom is -0.206 e. The predicted molar refractivity (Wildman–Crippen MR) is 35.5 cm³/mol. The van der Waals surface area contributed by atoms with Crippen LogP contribution in [0.3, 0.4) is 0 Å². The van der Waals surface area contributed by atoms with Crippen molar-refractivity contribution >= 4 is 0 Å². The van der Waals surface area contributed by atoms with E-state index in [1.54, 1.807) is 6.61 Å². The molecule has 3 nitrogen and oxygen atoms in total. The van der Waals surface area contributed by atoms with Crippen molar-refractivity contribution in [2.45, 2.75) is 32.1 Å². The minimum absolute atomic E-state index is 0.633. The van der Waals surface area contributed by atoms with E-state index in [2.05, 4.69) is 14.8 Å². The third-order valence-corrected chi connectivity index (χ3v) is 1.46. The van der Waals surface area contributed by atoms with Crippen molar-refractivity contribution in [3.05, 3.63) is 6.61 Å². The molecule has 10 heavy (non-hydrogen) atoms. The van der Waals surface area contributed by atoms with Crippen molar-refractivity contribution in [2.24, 2.45) is 0 Å². The molecule has 0 aromatic rings. The zero-order chi connectivity index (χ0) is 7.07. The first-order valence-electron chi connectivity index (χ1n) is 3.77. The Balaban J connectivity index is 2.00. The van der Waals surface area contributed by atoms with E-state index in [9.17, 15) is 0 Å². The van der Waals surface area contributed by atoms with E-state index in [-0.39, 0.29) is 0 Å². The molecule has 1 rings (SSSR count). The molecule has 59 valence electrons. The van der Waals surface area contributed by atoms with E-state index >= 15 is 0 Å². The first-order chi connectivity index (χ1) is 5.00.